The van der Waals surface area contributed by atoms with E-state index >= 15 is 0 Å². The van der Waals surface area contributed by atoms with Crippen molar-refractivity contribution in [3.63, 3.8) is 0 Å². The van der Waals surface area contributed by atoms with Crippen LogP contribution in [0.25, 0.3) is 0 Å². The standard InChI is InChI=1S/C25H26N2O5S/c1-18(19-8-4-3-5-9-19)16-26-25(28)24-17-27(22-10-6-7-11-23(22)32-24)33(29,30)21-14-12-20(31-2)13-15-21/h3-15,18,24H,16-17H2,1-2H3,(H,26,28)/t18-,24-/m0/s1. The summed E-state index contributed by atoms with van der Waals surface area (Å²) >= 11 is 0. The zero-order valence-electron chi connectivity index (χ0n) is 18.5. The van der Waals surface area contributed by atoms with Gasteiger partial charge in [0.25, 0.3) is 15.9 Å². The van der Waals surface area contributed by atoms with Crippen molar-refractivity contribution < 1.29 is 22.7 Å². The van der Waals surface area contributed by atoms with E-state index in [-0.39, 0.29) is 23.3 Å². The van der Waals surface area contributed by atoms with Crippen LogP contribution in [0.4, 0.5) is 5.69 Å². The van der Waals surface area contributed by atoms with Crippen LogP contribution < -0.4 is 19.1 Å². The van der Waals surface area contributed by atoms with Crippen LogP contribution in [-0.4, -0.2) is 40.6 Å². The average Bonchev–Trinajstić information content (AvgIpc) is 2.86. The lowest BCUT2D eigenvalue weighted by Crippen LogP contribution is -2.51. The summed E-state index contributed by atoms with van der Waals surface area (Å²) in [5.41, 5.74) is 1.51. The normalized spacial score (nSPS) is 16.3. The molecule has 1 aliphatic rings. The molecule has 0 aromatic heterocycles. The van der Waals surface area contributed by atoms with E-state index in [1.54, 1.807) is 36.4 Å². The number of rotatable bonds is 7. The van der Waals surface area contributed by atoms with Gasteiger partial charge < -0.3 is 14.8 Å². The Morgan fingerprint density at radius 2 is 1.73 bits per heavy atom. The van der Waals surface area contributed by atoms with Gasteiger partial charge in [-0.1, -0.05) is 49.4 Å². The molecular formula is C25H26N2O5S. The Hall–Kier alpha value is -3.52. The van der Waals surface area contributed by atoms with Crippen LogP contribution in [-0.2, 0) is 14.8 Å². The van der Waals surface area contributed by atoms with E-state index in [0.717, 1.165) is 5.56 Å². The van der Waals surface area contributed by atoms with Crippen molar-refractivity contribution in [3.05, 3.63) is 84.4 Å². The Morgan fingerprint density at radius 1 is 1.06 bits per heavy atom. The maximum atomic E-state index is 13.5. The van der Waals surface area contributed by atoms with Crippen LogP contribution in [0.1, 0.15) is 18.4 Å². The molecular weight excluding hydrogens is 440 g/mol. The van der Waals surface area contributed by atoms with Crippen LogP contribution >= 0.6 is 0 Å². The van der Waals surface area contributed by atoms with Crippen molar-refractivity contribution in [3.8, 4) is 11.5 Å². The summed E-state index contributed by atoms with van der Waals surface area (Å²) in [7, 11) is -2.41. The molecule has 8 heteroatoms. The van der Waals surface area contributed by atoms with E-state index in [2.05, 4.69) is 5.32 Å². The average molecular weight is 467 g/mol. The van der Waals surface area contributed by atoms with Gasteiger partial charge in [0, 0.05) is 6.54 Å². The van der Waals surface area contributed by atoms with Crippen molar-refractivity contribution in [1.82, 2.24) is 5.32 Å². The minimum Gasteiger partial charge on any atom is -0.497 e. The van der Waals surface area contributed by atoms with Crippen molar-refractivity contribution >= 4 is 21.6 Å². The minimum absolute atomic E-state index is 0.102. The van der Waals surface area contributed by atoms with Gasteiger partial charge in [0.2, 0.25) is 0 Å². The van der Waals surface area contributed by atoms with Crippen molar-refractivity contribution in [2.24, 2.45) is 0 Å². The molecule has 3 aromatic rings. The second-order valence-electron chi connectivity index (χ2n) is 7.84. The molecule has 3 aromatic carbocycles. The second kappa shape index (κ2) is 9.54. The van der Waals surface area contributed by atoms with E-state index in [9.17, 15) is 13.2 Å². The Bertz CT molecular complexity index is 1210. The van der Waals surface area contributed by atoms with Gasteiger partial charge in [-0.05, 0) is 47.9 Å². The van der Waals surface area contributed by atoms with Gasteiger partial charge in [0.1, 0.15) is 11.5 Å². The highest BCUT2D eigenvalue weighted by Gasteiger charge is 2.37. The van der Waals surface area contributed by atoms with Gasteiger partial charge in [0.15, 0.2) is 6.10 Å². The van der Waals surface area contributed by atoms with Crippen molar-refractivity contribution in [2.45, 2.75) is 23.8 Å². The highest BCUT2D eigenvalue weighted by molar-refractivity contribution is 7.92. The van der Waals surface area contributed by atoms with Gasteiger partial charge in [-0.2, -0.15) is 0 Å². The molecule has 0 saturated carbocycles. The summed E-state index contributed by atoms with van der Waals surface area (Å²) in [6, 6.07) is 22.8. The first-order valence-electron chi connectivity index (χ1n) is 10.7. The first-order valence-corrected chi connectivity index (χ1v) is 12.1. The number of benzene rings is 3. The number of anilines is 1. The third kappa shape index (κ3) is 4.80. The molecule has 1 N–H and O–H groups in total. The molecule has 7 nitrogen and oxygen atoms in total. The zero-order chi connectivity index (χ0) is 23.4. The summed E-state index contributed by atoms with van der Waals surface area (Å²) < 4.78 is 39.2. The number of nitrogens with zero attached hydrogens (tertiary/aromatic N) is 1. The predicted octanol–water partition coefficient (Wildman–Crippen LogP) is 3.57. The van der Waals surface area contributed by atoms with Gasteiger partial charge >= 0.3 is 0 Å². The van der Waals surface area contributed by atoms with E-state index in [0.29, 0.717) is 23.7 Å². The zero-order valence-corrected chi connectivity index (χ0v) is 19.3. The lowest BCUT2D eigenvalue weighted by atomic mass is 10.0. The summed E-state index contributed by atoms with van der Waals surface area (Å²) in [4.78, 5) is 13.1. The molecule has 1 aliphatic heterocycles. The van der Waals surface area contributed by atoms with Crippen LogP contribution in [0.15, 0.2) is 83.8 Å². The number of carbonyl (C=O) groups excluding carboxylic acids is 1. The Labute approximate surface area is 194 Å². The molecule has 33 heavy (non-hydrogen) atoms. The molecule has 0 fully saturated rings. The van der Waals surface area contributed by atoms with Crippen LogP contribution in [0, 0.1) is 0 Å². The van der Waals surface area contributed by atoms with Gasteiger partial charge in [0.05, 0.1) is 24.2 Å². The predicted molar refractivity (Wildman–Crippen MR) is 126 cm³/mol. The van der Waals surface area contributed by atoms with E-state index in [1.165, 1.54) is 23.5 Å². The third-order valence-corrected chi connectivity index (χ3v) is 7.42. The molecule has 0 unspecified atom stereocenters. The SMILES string of the molecule is COc1ccc(S(=O)(=O)N2C[C@@H](C(=O)NC[C@H](C)c3ccccc3)Oc3ccccc32)cc1. The number of para-hydroxylation sites is 2. The maximum Gasteiger partial charge on any atom is 0.264 e. The minimum atomic E-state index is -3.92. The first-order chi connectivity index (χ1) is 15.9. The topological polar surface area (TPSA) is 84.9 Å². The van der Waals surface area contributed by atoms with Crippen LogP contribution in [0.2, 0.25) is 0 Å². The third-order valence-electron chi connectivity index (χ3n) is 5.63. The molecule has 0 aliphatic carbocycles. The number of sulfonamides is 1. The molecule has 0 spiro atoms. The molecule has 4 rings (SSSR count). The quantitative estimate of drug-likeness (QED) is 0.575. The smallest absolute Gasteiger partial charge is 0.264 e. The molecule has 1 amide bonds. The molecule has 0 saturated heterocycles. The first kappa shape index (κ1) is 22.7. The molecule has 172 valence electrons. The maximum absolute atomic E-state index is 13.5. The summed E-state index contributed by atoms with van der Waals surface area (Å²) in [5, 5.41) is 2.91. The van der Waals surface area contributed by atoms with E-state index < -0.39 is 16.1 Å². The highest BCUT2D eigenvalue weighted by Crippen LogP contribution is 2.37. The fourth-order valence-corrected chi connectivity index (χ4v) is 5.18. The molecule has 0 bridgehead atoms. The van der Waals surface area contributed by atoms with Gasteiger partial charge in [-0.15, -0.1) is 0 Å². The van der Waals surface area contributed by atoms with Crippen molar-refractivity contribution in [1.29, 1.82) is 0 Å². The van der Waals surface area contributed by atoms with Crippen molar-refractivity contribution in [2.75, 3.05) is 24.5 Å². The molecule has 0 radical (unpaired) electrons. The number of nitrogens with one attached hydrogen (secondary N) is 1. The number of fused-ring (bicyclic) bond motifs is 1. The Morgan fingerprint density at radius 3 is 2.42 bits per heavy atom. The van der Waals surface area contributed by atoms with Crippen LogP contribution in [0.5, 0.6) is 11.5 Å². The van der Waals surface area contributed by atoms with E-state index in [1.807, 2.05) is 37.3 Å². The number of ether oxygens (including phenoxy) is 2. The van der Waals surface area contributed by atoms with Gasteiger partial charge in [-0.25, -0.2) is 8.42 Å². The number of methoxy groups -OCH3 is 1. The monoisotopic (exact) mass is 466 g/mol. The fraction of sp³-hybridized carbons (Fsp3) is 0.240. The number of hydrogen-bond acceptors (Lipinski definition) is 5. The Balaban J connectivity index is 1.55. The molecule has 1 heterocycles. The van der Waals surface area contributed by atoms with Gasteiger partial charge in [-0.3, -0.25) is 9.10 Å². The number of amides is 1. The summed E-state index contributed by atoms with van der Waals surface area (Å²) in [5.74, 6) is 0.644. The largest absolute Gasteiger partial charge is 0.497 e. The second-order valence-corrected chi connectivity index (χ2v) is 9.71. The van der Waals surface area contributed by atoms with Crippen LogP contribution in [0.3, 0.4) is 0 Å². The lowest BCUT2D eigenvalue weighted by molar-refractivity contribution is -0.127. The summed E-state index contributed by atoms with van der Waals surface area (Å²) in [6.07, 6.45) is -0.976. The number of hydrogen-bond donors (Lipinski definition) is 1. The molecule has 2 atom stereocenters. The number of carbonyl (C=O) groups is 1. The van der Waals surface area contributed by atoms with E-state index in [4.69, 9.17) is 9.47 Å². The fourth-order valence-electron chi connectivity index (χ4n) is 3.71. The Kier molecular flexibility index (Phi) is 6.55. The highest BCUT2D eigenvalue weighted by atomic mass is 32.2. The summed E-state index contributed by atoms with van der Waals surface area (Å²) in [6.45, 7) is 2.31. The lowest BCUT2D eigenvalue weighted by Gasteiger charge is -2.34.